The molecule has 1 N–H and O–H groups in total. The Balaban J connectivity index is 2.50. The SMILES string of the molecule is CCCC(CCC)NC(C)c1ccccn1. The summed E-state index contributed by atoms with van der Waals surface area (Å²) in [6.45, 7) is 6.69. The van der Waals surface area contributed by atoms with Crippen molar-refractivity contribution in [3.8, 4) is 0 Å². The van der Waals surface area contributed by atoms with Crippen LogP contribution in [0.5, 0.6) is 0 Å². The largest absolute Gasteiger partial charge is 0.306 e. The first-order chi connectivity index (χ1) is 7.77. The average Bonchev–Trinajstić information content (AvgIpc) is 2.31. The molecule has 1 rings (SSSR count). The molecule has 0 aromatic carbocycles. The summed E-state index contributed by atoms with van der Waals surface area (Å²) in [5.74, 6) is 0. The quantitative estimate of drug-likeness (QED) is 0.758. The molecular formula is C14H24N2. The maximum Gasteiger partial charge on any atom is 0.0570 e. The van der Waals surface area contributed by atoms with Crippen LogP contribution < -0.4 is 5.32 Å². The predicted octanol–water partition coefficient (Wildman–Crippen LogP) is 3.70. The smallest absolute Gasteiger partial charge is 0.0570 e. The number of aromatic nitrogens is 1. The Labute approximate surface area is 99.5 Å². The third-order valence-electron chi connectivity index (χ3n) is 2.89. The Hall–Kier alpha value is -0.890. The molecule has 1 atom stereocenters. The summed E-state index contributed by atoms with van der Waals surface area (Å²) in [6, 6.07) is 7.09. The van der Waals surface area contributed by atoms with E-state index in [2.05, 4.69) is 43.2 Å². The van der Waals surface area contributed by atoms with Crippen LogP contribution in [0.25, 0.3) is 0 Å². The van der Waals surface area contributed by atoms with Crippen molar-refractivity contribution in [2.45, 2.75) is 58.5 Å². The van der Waals surface area contributed by atoms with E-state index in [1.807, 2.05) is 12.3 Å². The van der Waals surface area contributed by atoms with Gasteiger partial charge in [-0.15, -0.1) is 0 Å². The Morgan fingerprint density at radius 2 is 1.88 bits per heavy atom. The third-order valence-corrected chi connectivity index (χ3v) is 2.89. The zero-order valence-electron chi connectivity index (χ0n) is 10.7. The van der Waals surface area contributed by atoms with Gasteiger partial charge in [-0.2, -0.15) is 0 Å². The molecule has 0 spiro atoms. The maximum atomic E-state index is 4.39. The summed E-state index contributed by atoms with van der Waals surface area (Å²) in [6.07, 6.45) is 6.86. The first-order valence-corrected chi connectivity index (χ1v) is 6.44. The fourth-order valence-electron chi connectivity index (χ4n) is 2.08. The van der Waals surface area contributed by atoms with Crippen LogP contribution in [0.2, 0.25) is 0 Å². The van der Waals surface area contributed by atoms with Crippen LogP contribution in [-0.2, 0) is 0 Å². The Morgan fingerprint density at radius 3 is 2.38 bits per heavy atom. The van der Waals surface area contributed by atoms with E-state index in [1.54, 1.807) is 0 Å². The van der Waals surface area contributed by atoms with Gasteiger partial charge < -0.3 is 5.32 Å². The van der Waals surface area contributed by atoms with E-state index in [0.29, 0.717) is 12.1 Å². The molecule has 0 aliphatic carbocycles. The van der Waals surface area contributed by atoms with Gasteiger partial charge in [0, 0.05) is 18.3 Å². The molecule has 0 saturated heterocycles. The molecule has 2 heteroatoms. The van der Waals surface area contributed by atoms with Gasteiger partial charge in [-0.1, -0.05) is 32.8 Å². The lowest BCUT2D eigenvalue weighted by Gasteiger charge is -2.22. The number of nitrogens with zero attached hydrogens (tertiary/aromatic N) is 1. The lowest BCUT2D eigenvalue weighted by Crippen LogP contribution is -2.31. The monoisotopic (exact) mass is 220 g/mol. The Bertz CT molecular complexity index is 265. The maximum absolute atomic E-state index is 4.39. The van der Waals surface area contributed by atoms with Gasteiger partial charge in [0.15, 0.2) is 0 Å². The lowest BCUT2D eigenvalue weighted by molar-refractivity contribution is 0.398. The van der Waals surface area contributed by atoms with E-state index < -0.39 is 0 Å². The number of nitrogens with one attached hydrogen (secondary N) is 1. The summed E-state index contributed by atoms with van der Waals surface area (Å²) in [5, 5.41) is 3.67. The van der Waals surface area contributed by atoms with Crippen molar-refractivity contribution in [1.82, 2.24) is 10.3 Å². The van der Waals surface area contributed by atoms with Crippen molar-refractivity contribution in [2.75, 3.05) is 0 Å². The summed E-state index contributed by atoms with van der Waals surface area (Å²) in [5.41, 5.74) is 1.14. The van der Waals surface area contributed by atoms with Crippen LogP contribution in [0, 0.1) is 0 Å². The fourth-order valence-corrected chi connectivity index (χ4v) is 2.08. The first kappa shape index (κ1) is 13.2. The molecule has 16 heavy (non-hydrogen) atoms. The Kier molecular flexibility index (Phi) is 6.09. The summed E-state index contributed by atoms with van der Waals surface area (Å²) in [4.78, 5) is 4.39. The number of hydrogen-bond acceptors (Lipinski definition) is 2. The van der Waals surface area contributed by atoms with E-state index in [4.69, 9.17) is 0 Å². The van der Waals surface area contributed by atoms with Gasteiger partial charge in [0.2, 0.25) is 0 Å². The van der Waals surface area contributed by atoms with Gasteiger partial charge in [-0.25, -0.2) is 0 Å². The van der Waals surface area contributed by atoms with E-state index in [0.717, 1.165) is 5.69 Å². The van der Waals surface area contributed by atoms with Crippen LogP contribution >= 0.6 is 0 Å². The van der Waals surface area contributed by atoms with Crippen LogP contribution in [-0.4, -0.2) is 11.0 Å². The van der Waals surface area contributed by atoms with Crippen molar-refractivity contribution in [3.05, 3.63) is 30.1 Å². The van der Waals surface area contributed by atoms with Crippen LogP contribution in [0.15, 0.2) is 24.4 Å². The molecule has 1 heterocycles. The highest BCUT2D eigenvalue weighted by molar-refractivity contribution is 5.07. The number of pyridine rings is 1. The lowest BCUT2D eigenvalue weighted by atomic mass is 10.0. The van der Waals surface area contributed by atoms with Crippen molar-refractivity contribution >= 4 is 0 Å². The highest BCUT2D eigenvalue weighted by Gasteiger charge is 2.12. The van der Waals surface area contributed by atoms with E-state index in [-0.39, 0.29) is 0 Å². The molecule has 1 aromatic rings. The molecule has 0 fully saturated rings. The van der Waals surface area contributed by atoms with Crippen molar-refractivity contribution in [3.63, 3.8) is 0 Å². The van der Waals surface area contributed by atoms with Gasteiger partial charge in [0.25, 0.3) is 0 Å². The van der Waals surface area contributed by atoms with Gasteiger partial charge >= 0.3 is 0 Å². The minimum atomic E-state index is 0.351. The van der Waals surface area contributed by atoms with Crippen LogP contribution in [0.4, 0.5) is 0 Å². The van der Waals surface area contributed by atoms with Gasteiger partial charge in [0.1, 0.15) is 0 Å². The minimum absolute atomic E-state index is 0.351. The standard InChI is InChI=1S/C14H24N2/c1-4-8-13(9-5-2)16-12(3)14-10-6-7-11-15-14/h6-7,10-13,16H,4-5,8-9H2,1-3H3. The van der Waals surface area contributed by atoms with Crippen LogP contribution in [0.1, 0.15) is 58.2 Å². The molecule has 0 amide bonds. The second kappa shape index (κ2) is 7.39. The summed E-state index contributed by atoms with van der Waals surface area (Å²) < 4.78 is 0. The zero-order valence-corrected chi connectivity index (χ0v) is 10.7. The Morgan fingerprint density at radius 1 is 1.19 bits per heavy atom. The number of rotatable bonds is 7. The molecule has 90 valence electrons. The molecule has 1 unspecified atom stereocenters. The second-order valence-corrected chi connectivity index (χ2v) is 4.42. The second-order valence-electron chi connectivity index (χ2n) is 4.42. The van der Waals surface area contributed by atoms with Crippen molar-refractivity contribution < 1.29 is 0 Å². The molecule has 0 aliphatic heterocycles. The topological polar surface area (TPSA) is 24.9 Å². The third kappa shape index (κ3) is 4.31. The van der Waals surface area contributed by atoms with Crippen molar-refractivity contribution in [1.29, 1.82) is 0 Å². The highest BCUT2D eigenvalue weighted by atomic mass is 15.0. The van der Waals surface area contributed by atoms with E-state index in [9.17, 15) is 0 Å². The molecule has 0 radical (unpaired) electrons. The number of hydrogen-bond donors (Lipinski definition) is 1. The van der Waals surface area contributed by atoms with Gasteiger partial charge in [0.05, 0.1) is 5.69 Å². The molecule has 2 nitrogen and oxygen atoms in total. The van der Waals surface area contributed by atoms with Crippen LogP contribution in [0.3, 0.4) is 0 Å². The van der Waals surface area contributed by atoms with Crippen molar-refractivity contribution in [2.24, 2.45) is 0 Å². The molecule has 0 bridgehead atoms. The summed E-state index contributed by atoms with van der Waals surface area (Å²) >= 11 is 0. The zero-order chi connectivity index (χ0) is 11.8. The van der Waals surface area contributed by atoms with E-state index >= 15 is 0 Å². The van der Waals surface area contributed by atoms with Gasteiger partial charge in [-0.05, 0) is 31.9 Å². The molecule has 1 aromatic heterocycles. The molecular weight excluding hydrogens is 196 g/mol. The minimum Gasteiger partial charge on any atom is -0.306 e. The fraction of sp³-hybridized carbons (Fsp3) is 0.643. The summed E-state index contributed by atoms with van der Waals surface area (Å²) in [7, 11) is 0. The predicted molar refractivity (Wildman–Crippen MR) is 69.4 cm³/mol. The van der Waals surface area contributed by atoms with E-state index in [1.165, 1.54) is 25.7 Å². The molecule has 0 saturated carbocycles. The molecule has 0 aliphatic rings. The normalized spacial score (nSPS) is 13.0. The first-order valence-electron chi connectivity index (χ1n) is 6.44. The highest BCUT2D eigenvalue weighted by Crippen LogP contribution is 2.13. The average molecular weight is 220 g/mol. The van der Waals surface area contributed by atoms with Gasteiger partial charge in [-0.3, -0.25) is 4.98 Å².